The Kier molecular flexibility index (Phi) is 8.16. The van der Waals surface area contributed by atoms with Crippen LogP contribution in [0.1, 0.15) is 41.5 Å². The Hall–Kier alpha value is -4.36. The fraction of sp³-hybridized carbons (Fsp3) is 0.129. The number of carbonyl (C=O) groups excluding carboxylic acids is 1. The van der Waals surface area contributed by atoms with E-state index in [0.717, 1.165) is 56.4 Å². The Morgan fingerprint density at radius 2 is 1.84 bits per heavy atom. The van der Waals surface area contributed by atoms with Crippen molar-refractivity contribution in [1.82, 2.24) is 15.2 Å². The third-order valence-corrected chi connectivity index (χ3v) is 6.97. The molecule has 0 atom stereocenters. The largest absolute Gasteiger partial charge is 0.494 e. The van der Waals surface area contributed by atoms with Gasteiger partial charge in [0.15, 0.2) is 0 Å². The van der Waals surface area contributed by atoms with E-state index in [1.54, 1.807) is 18.0 Å². The van der Waals surface area contributed by atoms with Gasteiger partial charge >= 0.3 is 0 Å². The highest BCUT2D eigenvalue weighted by Gasteiger charge is 2.13. The zero-order valence-electron chi connectivity index (χ0n) is 21.1. The fourth-order valence-corrected chi connectivity index (χ4v) is 4.87. The summed E-state index contributed by atoms with van der Waals surface area (Å²) in [5, 5.41) is 11.6. The number of benzene rings is 3. The number of H-pyrrole nitrogens is 1. The summed E-state index contributed by atoms with van der Waals surface area (Å²) >= 11 is 1.54. The van der Waals surface area contributed by atoms with Crippen LogP contribution in [0.25, 0.3) is 23.1 Å². The standard InChI is InChI=1S/C31H28N4O2S/c1-2-3-20-37-24-14-11-23(12-15-24)33-31(36)27-9-4-5-10-30(27)38-25-16-17-26-28(34-35-29(26)21-25)18-13-22-8-6-7-19-32-22/h4-19,21H,2-3,20H2,1H3,(H,33,36)(H,34,35)/b18-13+. The van der Waals surface area contributed by atoms with Crippen LogP contribution in [0, 0.1) is 0 Å². The predicted molar refractivity (Wildman–Crippen MR) is 155 cm³/mol. The molecule has 1 amide bonds. The summed E-state index contributed by atoms with van der Waals surface area (Å²) in [6.07, 6.45) is 7.78. The number of carbonyl (C=O) groups is 1. The minimum atomic E-state index is -0.155. The maximum absolute atomic E-state index is 13.1. The number of aromatic amines is 1. The van der Waals surface area contributed by atoms with Crippen LogP contribution in [0.15, 0.2) is 101 Å². The van der Waals surface area contributed by atoms with Gasteiger partial charge in [0, 0.05) is 27.1 Å². The van der Waals surface area contributed by atoms with Gasteiger partial charge in [0.2, 0.25) is 0 Å². The van der Waals surface area contributed by atoms with Crippen molar-refractivity contribution in [3.05, 3.63) is 108 Å². The number of aromatic nitrogens is 3. The topological polar surface area (TPSA) is 79.9 Å². The monoisotopic (exact) mass is 520 g/mol. The van der Waals surface area contributed by atoms with Crippen molar-refractivity contribution in [2.45, 2.75) is 29.6 Å². The molecule has 38 heavy (non-hydrogen) atoms. The number of ether oxygens (including phenoxy) is 1. The maximum atomic E-state index is 13.1. The van der Waals surface area contributed by atoms with Crippen molar-refractivity contribution in [2.75, 3.05) is 11.9 Å². The Morgan fingerprint density at radius 3 is 2.66 bits per heavy atom. The predicted octanol–water partition coefficient (Wildman–Crippen LogP) is 7.71. The van der Waals surface area contributed by atoms with Crippen LogP contribution in [0.2, 0.25) is 0 Å². The summed E-state index contributed by atoms with van der Waals surface area (Å²) < 4.78 is 5.71. The molecule has 7 heteroatoms. The third-order valence-electron chi connectivity index (χ3n) is 5.90. The van der Waals surface area contributed by atoms with Gasteiger partial charge < -0.3 is 10.1 Å². The first-order chi connectivity index (χ1) is 18.7. The first-order valence-electron chi connectivity index (χ1n) is 12.6. The molecular weight excluding hydrogens is 492 g/mol. The number of pyridine rings is 1. The normalized spacial score (nSPS) is 11.2. The van der Waals surface area contributed by atoms with E-state index in [-0.39, 0.29) is 5.91 Å². The SMILES string of the molecule is CCCCOc1ccc(NC(=O)c2ccccc2Sc2ccc3c(/C=C/c4ccccn4)n[nH]c3c2)cc1. The minimum absolute atomic E-state index is 0.155. The lowest BCUT2D eigenvalue weighted by molar-refractivity contribution is 0.102. The van der Waals surface area contributed by atoms with Gasteiger partial charge in [-0.2, -0.15) is 5.10 Å². The third kappa shape index (κ3) is 6.30. The van der Waals surface area contributed by atoms with Crippen LogP contribution in [0.4, 0.5) is 5.69 Å². The van der Waals surface area contributed by atoms with Crippen LogP contribution in [-0.2, 0) is 0 Å². The smallest absolute Gasteiger partial charge is 0.256 e. The molecule has 0 aliphatic carbocycles. The number of nitrogens with one attached hydrogen (secondary N) is 2. The van der Waals surface area contributed by atoms with E-state index in [2.05, 4.69) is 33.5 Å². The summed E-state index contributed by atoms with van der Waals surface area (Å²) in [4.78, 5) is 19.3. The van der Waals surface area contributed by atoms with Crippen LogP contribution in [-0.4, -0.2) is 27.7 Å². The van der Waals surface area contributed by atoms with Crippen LogP contribution < -0.4 is 10.1 Å². The highest BCUT2D eigenvalue weighted by Crippen LogP contribution is 2.33. The molecule has 0 saturated heterocycles. The molecule has 0 bridgehead atoms. The molecule has 0 saturated carbocycles. The van der Waals surface area contributed by atoms with Crippen LogP contribution in [0.3, 0.4) is 0 Å². The molecule has 0 fully saturated rings. The lowest BCUT2D eigenvalue weighted by Crippen LogP contribution is -2.12. The van der Waals surface area contributed by atoms with Gasteiger partial charge in [-0.3, -0.25) is 14.9 Å². The second-order valence-electron chi connectivity index (χ2n) is 8.68. The van der Waals surface area contributed by atoms with E-state index in [0.29, 0.717) is 12.2 Å². The highest BCUT2D eigenvalue weighted by molar-refractivity contribution is 7.99. The number of anilines is 1. The molecule has 0 unspecified atom stereocenters. The molecule has 2 N–H and O–H groups in total. The van der Waals surface area contributed by atoms with Gasteiger partial charge in [0.1, 0.15) is 5.75 Å². The minimum Gasteiger partial charge on any atom is -0.494 e. The van der Waals surface area contributed by atoms with E-state index in [4.69, 9.17) is 4.74 Å². The van der Waals surface area contributed by atoms with Crippen LogP contribution >= 0.6 is 11.8 Å². The van der Waals surface area contributed by atoms with E-state index in [1.165, 1.54) is 0 Å². The van der Waals surface area contributed by atoms with E-state index < -0.39 is 0 Å². The number of unbranched alkanes of at least 4 members (excludes halogenated alkanes) is 1. The molecule has 3 aromatic carbocycles. The molecule has 2 heterocycles. The van der Waals surface area contributed by atoms with Gasteiger partial charge in [0.05, 0.1) is 29.1 Å². The first kappa shape index (κ1) is 25.3. The van der Waals surface area contributed by atoms with Crippen molar-refractivity contribution < 1.29 is 9.53 Å². The highest BCUT2D eigenvalue weighted by atomic mass is 32.2. The van der Waals surface area contributed by atoms with E-state index >= 15 is 0 Å². The average molecular weight is 521 g/mol. The molecule has 190 valence electrons. The summed E-state index contributed by atoms with van der Waals surface area (Å²) in [5.41, 5.74) is 4.00. The van der Waals surface area contributed by atoms with Gasteiger partial charge in [-0.05, 0) is 85.3 Å². The van der Waals surface area contributed by atoms with Crippen molar-refractivity contribution in [1.29, 1.82) is 0 Å². The molecule has 0 aliphatic rings. The number of rotatable bonds is 10. The average Bonchev–Trinajstić information content (AvgIpc) is 3.36. The first-order valence-corrected chi connectivity index (χ1v) is 13.4. The van der Waals surface area contributed by atoms with Gasteiger partial charge in [-0.25, -0.2) is 0 Å². The molecule has 0 radical (unpaired) electrons. The lowest BCUT2D eigenvalue weighted by atomic mass is 10.2. The number of fused-ring (bicyclic) bond motifs is 1. The van der Waals surface area contributed by atoms with Crippen molar-refractivity contribution in [2.24, 2.45) is 0 Å². The second-order valence-corrected chi connectivity index (χ2v) is 9.80. The van der Waals surface area contributed by atoms with Gasteiger partial charge in [-0.15, -0.1) is 0 Å². The number of amides is 1. The molecule has 5 rings (SSSR count). The molecule has 2 aromatic heterocycles. The Balaban J connectivity index is 1.28. The van der Waals surface area contributed by atoms with E-state index in [1.807, 2.05) is 91.0 Å². The molecule has 0 aliphatic heterocycles. The van der Waals surface area contributed by atoms with Crippen molar-refractivity contribution >= 4 is 46.4 Å². The number of nitrogens with zero attached hydrogens (tertiary/aromatic N) is 2. The summed E-state index contributed by atoms with van der Waals surface area (Å²) in [6.45, 7) is 2.83. The fourth-order valence-electron chi connectivity index (χ4n) is 3.89. The van der Waals surface area contributed by atoms with Gasteiger partial charge in [0.25, 0.3) is 5.91 Å². The second kappa shape index (κ2) is 12.3. The maximum Gasteiger partial charge on any atom is 0.256 e. The zero-order valence-corrected chi connectivity index (χ0v) is 21.9. The Bertz CT molecular complexity index is 1550. The Morgan fingerprint density at radius 1 is 1.00 bits per heavy atom. The summed E-state index contributed by atoms with van der Waals surface area (Å²) in [5.74, 6) is 0.647. The molecular formula is C31H28N4O2S. The Labute approximate surface area is 226 Å². The number of hydrogen-bond donors (Lipinski definition) is 2. The van der Waals surface area contributed by atoms with E-state index in [9.17, 15) is 4.79 Å². The summed E-state index contributed by atoms with van der Waals surface area (Å²) in [7, 11) is 0. The molecule has 6 nitrogen and oxygen atoms in total. The summed E-state index contributed by atoms with van der Waals surface area (Å²) in [6, 6.07) is 27.1. The number of hydrogen-bond acceptors (Lipinski definition) is 5. The lowest BCUT2D eigenvalue weighted by Gasteiger charge is -2.11. The van der Waals surface area contributed by atoms with Gasteiger partial charge in [-0.1, -0.05) is 43.3 Å². The molecule has 5 aromatic rings. The van der Waals surface area contributed by atoms with Crippen molar-refractivity contribution in [3.8, 4) is 5.75 Å². The van der Waals surface area contributed by atoms with Crippen LogP contribution in [0.5, 0.6) is 5.75 Å². The zero-order chi connectivity index (χ0) is 26.2. The quantitative estimate of drug-likeness (QED) is 0.184. The molecule has 0 spiro atoms. The van der Waals surface area contributed by atoms with Crippen molar-refractivity contribution in [3.63, 3.8) is 0 Å².